The molecule has 1 fully saturated rings. The minimum atomic E-state index is 0.227. The maximum Gasteiger partial charge on any atom is 0.122 e. The molecule has 3 rings (SSSR count). The zero-order valence-electron chi connectivity index (χ0n) is 18.4. The first-order valence-corrected chi connectivity index (χ1v) is 11.5. The lowest BCUT2D eigenvalue weighted by molar-refractivity contribution is 0.0498. The number of aliphatic hydroxyl groups is 1. The minimum absolute atomic E-state index is 0.227. The van der Waals surface area contributed by atoms with Gasteiger partial charge in [-0.1, -0.05) is 19.9 Å². The summed E-state index contributed by atoms with van der Waals surface area (Å²) in [6, 6.07) is 4.62. The van der Waals surface area contributed by atoms with Crippen molar-refractivity contribution in [1.29, 1.82) is 0 Å². The molecule has 2 aromatic rings. The van der Waals surface area contributed by atoms with E-state index in [1.165, 1.54) is 27.4 Å². The Bertz CT molecular complexity index is 805. The van der Waals surface area contributed by atoms with Gasteiger partial charge in [-0.15, -0.1) is 11.3 Å². The number of aliphatic hydroxyl groups excluding tert-OH is 1. The van der Waals surface area contributed by atoms with Crippen LogP contribution in [-0.2, 0) is 13.1 Å². The van der Waals surface area contributed by atoms with Crippen molar-refractivity contribution in [1.82, 2.24) is 14.8 Å². The van der Waals surface area contributed by atoms with Gasteiger partial charge in [0.2, 0.25) is 0 Å². The SMILES string of the molecule is COc1ccc(CN2CCN(Cc3nc(C(C)C)cs3)CC2CCO)c(C)c1C. The van der Waals surface area contributed by atoms with Crippen molar-refractivity contribution in [2.75, 3.05) is 33.4 Å². The Balaban J connectivity index is 1.66. The van der Waals surface area contributed by atoms with Gasteiger partial charge < -0.3 is 9.84 Å². The topological polar surface area (TPSA) is 48.8 Å². The number of thiazole rings is 1. The molecule has 1 aliphatic heterocycles. The number of benzene rings is 1. The molecule has 0 radical (unpaired) electrons. The summed E-state index contributed by atoms with van der Waals surface area (Å²) >= 11 is 1.77. The fourth-order valence-corrected chi connectivity index (χ4v) is 5.05. The zero-order valence-corrected chi connectivity index (χ0v) is 19.3. The average Bonchev–Trinajstić information content (AvgIpc) is 3.16. The lowest BCUT2D eigenvalue weighted by atomic mass is 10.00. The van der Waals surface area contributed by atoms with Crippen LogP contribution in [0.3, 0.4) is 0 Å². The summed E-state index contributed by atoms with van der Waals surface area (Å²) in [7, 11) is 1.73. The Kier molecular flexibility index (Phi) is 7.68. The van der Waals surface area contributed by atoms with Crippen molar-refractivity contribution in [2.24, 2.45) is 0 Å². The van der Waals surface area contributed by atoms with Crippen LogP contribution in [-0.4, -0.2) is 59.3 Å². The van der Waals surface area contributed by atoms with Crippen molar-refractivity contribution in [3.05, 3.63) is 44.9 Å². The number of rotatable bonds is 8. The fourth-order valence-electron chi connectivity index (χ4n) is 4.05. The number of hydrogen-bond donors (Lipinski definition) is 1. The molecule has 6 heteroatoms. The second-order valence-corrected chi connectivity index (χ2v) is 9.31. The Morgan fingerprint density at radius 2 is 2.00 bits per heavy atom. The fraction of sp³-hybridized carbons (Fsp3) is 0.609. The number of ether oxygens (including phenoxy) is 1. The number of hydrogen-bond acceptors (Lipinski definition) is 6. The summed E-state index contributed by atoms with van der Waals surface area (Å²) in [5.41, 5.74) is 5.06. The molecule has 1 unspecified atom stereocenters. The normalized spacial score (nSPS) is 18.5. The maximum atomic E-state index is 9.64. The highest BCUT2D eigenvalue weighted by Crippen LogP contribution is 2.27. The summed E-state index contributed by atoms with van der Waals surface area (Å²) < 4.78 is 5.46. The maximum absolute atomic E-state index is 9.64. The highest BCUT2D eigenvalue weighted by Gasteiger charge is 2.27. The first-order valence-electron chi connectivity index (χ1n) is 10.6. The highest BCUT2D eigenvalue weighted by molar-refractivity contribution is 7.09. The lowest BCUT2D eigenvalue weighted by Crippen LogP contribution is -2.52. The second kappa shape index (κ2) is 10.0. The van der Waals surface area contributed by atoms with Gasteiger partial charge in [0.15, 0.2) is 0 Å². The zero-order chi connectivity index (χ0) is 21.0. The Morgan fingerprint density at radius 1 is 1.21 bits per heavy atom. The summed E-state index contributed by atoms with van der Waals surface area (Å²) in [6.07, 6.45) is 0.805. The van der Waals surface area contributed by atoms with Crippen molar-refractivity contribution >= 4 is 11.3 Å². The Morgan fingerprint density at radius 3 is 2.66 bits per heavy atom. The minimum Gasteiger partial charge on any atom is -0.496 e. The third-order valence-corrected chi connectivity index (χ3v) is 6.97. The molecule has 0 spiro atoms. The van der Waals surface area contributed by atoms with E-state index in [9.17, 15) is 5.11 Å². The van der Waals surface area contributed by atoms with Gasteiger partial charge >= 0.3 is 0 Å². The van der Waals surface area contributed by atoms with Gasteiger partial charge in [-0.25, -0.2) is 4.98 Å². The van der Waals surface area contributed by atoms with Crippen LogP contribution in [0.1, 0.15) is 53.6 Å². The van der Waals surface area contributed by atoms with Crippen LogP contribution in [0.5, 0.6) is 5.75 Å². The van der Waals surface area contributed by atoms with Crippen LogP contribution in [0, 0.1) is 13.8 Å². The van der Waals surface area contributed by atoms with Crippen molar-refractivity contribution in [3.63, 3.8) is 0 Å². The van der Waals surface area contributed by atoms with Gasteiger partial charge in [0.05, 0.1) is 19.3 Å². The molecule has 1 N–H and O–H groups in total. The standard InChI is InChI=1S/C23H35N3O2S/c1-16(2)21-15-29-23(24-21)14-25-9-10-26(20(13-25)8-11-27)12-19-6-7-22(28-5)18(4)17(19)3/h6-7,15-16,20,27H,8-14H2,1-5H3. The van der Waals surface area contributed by atoms with E-state index < -0.39 is 0 Å². The molecular weight excluding hydrogens is 382 g/mol. The molecule has 29 heavy (non-hydrogen) atoms. The van der Waals surface area contributed by atoms with E-state index in [0.29, 0.717) is 12.0 Å². The first kappa shape index (κ1) is 22.2. The number of piperazine rings is 1. The van der Waals surface area contributed by atoms with Crippen LogP contribution >= 0.6 is 11.3 Å². The third kappa shape index (κ3) is 5.37. The number of aromatic nitrogens is 1. The van der Waals surface area contributed by atoms with E-state index in [-0.39, 0.29) is 6.61 Å². The molecule has 0 bridgehead atoms. The van der Waals surface area contributed by atoms with Gasteiger partial charge in [0.1, 0.15) is 10.8 Å². The summed E-state index contributed by atoms with van der Waals surface area (Å²) in [4.78, 5) is 9.82. The summed E-state index contributed by atoms with van der Waals surface area (Å²) in [5, 5.41) is 13.0. The van der Waals surface area contributed by atoms with E-state index >= 15 is 0 Å². The van der Waals surface area contributed by atoms with E-state index in [2.05, 4.69) is 55.0 Å². The largest absolute Gasteiger partial charge is 0.496 e. The Labute approximate surface area is 179 Å². The molecule has 1 aromatic carbocycles. The smallest absolute Gasteiger partial charge is 0.122 e. The molecule has 1 saturated heterocycles. The van der Waals surface area contributed by atoms with Crippen LogP contribution in [0.15, 0.2) is 17.5 Å². The average molecular weight is 418 g/mol. The quantitative estimate of drug-likeness (QED) is 0.704. The van der Waals surface area contributed by atoms with Crippen LogP contribution < -0.4 is 4.74 Å². The van der Waals surface area contributed by atoms with E-state index in [1.807, 2.05) is 0 Å². The molecule has 1 aliphatic rings. The van der Waals surface area contributed by atoms with Crippen LogP contribution in [0.2, 0.25) is 0 Å². The Hall–Kier alpha value is -1.47. The first-order chi connectivity index (χ1) is 13.9. The molecule has 1 atom stereocenters. The third-order valence-electron chi connectivity index (χ3n) is 6.11. The highest BCUT2D eigenvalue weighted by atomic mass is 32.1. The summed E-state index contributed by atoms with van der Waals surface area (Å²) in [5.74, 6) is 1.43. The molecule has 5 nitrogen and oxygen atoms in total. The monoisotopic (exact) mass is 417 g/mol. The molecular formula is C23H35N3O2S. The van der Waals surface area contributed by atoms with Gasteiger partial charge in [-0.05, 0) is 48.9 Å². The predicted octanol–water partition coefficient (Wildman–Crippen LogP) is 3.96. The predicted molar refractivity (Wildman–Crippen MR) is 120 cm³/mol. The second-order valence-electron chi connectivity index (χ2n) is 8.37. The molecule has 160 valence electrons. The van der Waals surface area contributed by atoms with E-state index in [0.717, 1.165) is 44.9 Å². The molecule has 0 amide bonds. The van der Waals surface area contributed by atoms with Crippen molar-refractivity contribution < 1.29 is 9.84 Å². The van der Waals surface area contributed by atoms with Gasteiger partial charge in [0.25, 0.3) is 0 Å². The molecule has 2 heterocycles. The van der Waals surface area contributed by atoms with E-state index in [1.54, 1.807) is 18.4 Å². The molecule has 0 aliphatic carbocycles. The molecule has 0 saturated carbocycles. The number of methoxy groups -OCH3 is 1. The molecule has 1 aromatic heterocycles. The number of nitrogens with zero attached hydrogens (tertiary/aromatic N) is 3. The van der Waals surface area contributed by atoms with Gasteiger partial charge in [-0.3, -0.25) is 9.80 Å². The van der Waals surface area contributed by atoms with Gasteiger partial charge in [0, 0.05) is 44.2 Å². The van der Waals surface area contributed by atoms with Crippen LogP contribution in [0.4, 0.5) is 0 Å². The lowest BCUT2D eigenvalue weighted by Gasteiger charge is -2.41. The van der Waals surface area contributed by atoms with Crippen molar-refractivity contribution in [2.45, 2.75) is 59.2 Å². The van der Waals surface area contributed by atoms with E-state index in [4.69, 9.17) is 9.72 Å². The van der Waals surface area contributed by atoms with Crippen LogP contribution in [0.25, 0.3) is 0 Å². The summed E-state index contributed by atoms with van der Waals surface area (Å²) in [6.45, 7) is 13.8. The van der Waals surface area contributed by atoms with Gasteiger partial charge in [-0.2, -0.15) is 0 Å². The van der Waals surface area contributed by atoms with Crippen molar-refractivity contribution in [3.8, 4) is 5.75 Å².